The van der Waals surface area contributed by atoms with Crippen LogP contribution >= 0.6 is 15.9 Å². The van der Waals surface area contributed by atoms with Crippen LogP contribution in [0.15, 0.2) is 41.0 Å². The highest BCUT2D eigenvalue weighted by Crippen LogP contribution is 2.21. The van der Waals surface area contributed by atoms with Crippen molar-refractivity contribution >= 4 is 33.2 Å². The molecule has 0 radical (unpaired) electrons. The van der Waals surface area contributed by atoms with Gasteiger partial charge < -0.3 is 10.2 Å². The maximum absolute atomic E-state index is 12.4. The molecule has 4 nitrogen and oxygen atoms in total. The lowest BCUT2D eigenvalue weighted by molar-refractivity contribution is 0.102. The number of pyridine rings is 1. The number of unbranched alkanes of at least 4 members (excludes halogenated alkanes) is 1. The zero-order chi connectivity index (χ0) is 16.8. The lowest BCUT2D eigenvalue weighted by Gasteiger charge is -2.19. The Labute approximate surface area is 146 Å². The van der Waals surface area contributed by atoms with E-state index in [1.807, 2.05) is 44.3 Å². The van der Waals surface area contributed by atoms with Crippen LogP contribution in [0, 0.1) is 6.92 Å². The molecule has 122 valence electrons. The van der Waals surface area contributed by atoms with Gasteiger partial charge in [0.15, 0.2) is 0 Å². The topological polar surface area (TPSA) is 45.2 Å². The molecule has 0 saturated heterocycles. The number of anilines is 2. The maximum Gasteiger partial charge on any atom is 0.274 e. The second kappa shape index (κ2) is 8.11. The van der Waals surface area contributed by atoms with Crippen LogP contribution in [0.2, 0.25) is 0 Å². The molecule has 0 aliphatic rings. The highest BCUT2D eigenvalue weighted by molar-refractivity contribution is 9.10. The molecule has 1 aromatic carbocycles. The van der Waals surface area contributed by atoms with E-state index >= 15 is 0 Å². The predicted octanol–water partition coefficient (Wildman–Crippen LogP) is 4.64. The van der Waals surface area contributed by atoms with Gasteiger partial charge in [0, 0.05) is 35.6 Å². The van der Waals surface area contributed by atoms with Crippen molar-refractivity contribution in [1.29, 1.82) is 0 Å². The number of hydrogen-bond donors (Lipinski definition) is 1. The SMILES string of the molecule is CCCCN(C)c1ccnc(C(=O)Nc2ccc(Br)c(C)c2)c1. The van der Waals surface area contributed by atoms with Crippen molar-refractivity contribution < 1.29 is 4.79 Å². The molecule has 0 spiro atoms. The number of halogens is 1. The first kappa shape index (κ1) is 17.5. The monoisotopic (exact) mass is 375 g/mol. The van der Waals surface area contributed by atoms with Gasteiger partial charge in [0.05, 0.1) is 0 Å². The molecule has 0 aliphatic heterocycles. The molecule has 0 aliphatic carbocycles. The number of aromatic nitrogens is 1. The van der Waals surface area contributed by atoms with Gasteiger partial charge in [-0.1, -0.05) is 29.3 Å². The first-order valence-electron chi connectivity index (χ1n) is 7.76. The Bertz CT molecular complexity index is 688. The number of aryl methyl sites for hydroxylation is 1. The molecule has 0 bridgehead atoms. The van der Waals surface area contributed by atoms with Crippen LogP contribution in [0.5, 0.6) is 0 Å². The number of carbonyl (C=O) groups excluding carboxylic acids is 1. The summed E-state index contributed by atoms with van der Waals surface area (Å²) in [4.78, 5) is 18.7. The van der Waals surface area contributed by atoms with Crippen LogP contribution in [0.1, 0.15) is 35.8 Å². The van der Waals surface area contributed by atoms with Gasteiger partial charge in [-0.05, 0) is 49.2 Å². The highest BCUT2D eigenvalue weighted by atomic mass is 79.9. The van der Waals surface area contributed by atoms with Gasteiger partial charge in [0.2, 0.25) is 0 Å². The van der Waals surface area contributed by atoms with E-state index in [9.17, 15) is 4.79 Å². The Morgan fingerprint density at radius 2 is 2.09 bits per heavy atom. The number of rotatable bonds is 6. The Morgan fingerprint density at radius 3 is 2.78 bits per heavy atom. The number of benzene rings is 1. The lowest BCUT2D eigenvalue weighted by atomic mass is 10.2. The molecule has 0 atom stereocenters. The minimum Gasteiger partial charge on any atom is -0.374 e. The standard InChI is InChI=1S/C18H22BrN3O/c1-4-5-10-22(3)15-8-9-20-17(12-15)18(23)21-14-6-7-16(19)13(2)11-14/h6-9,11-12H,4-5,10H2,1-3H3,(H,21,23). The Kier molecular flexibility index (Phi) is 6.16. The third-order valence-electron chi connectivity index (χ3n) is 3.68. The molecule has 1 N–H and O–H groups in total. The average Bonchev–Trinajstić information content (AvgIpc) is 2.56. The maximum atomic E-state index is 12.4. The minimum atomic E-state index is -0.197. The van der Waals surface area contributed by atoms with Gasteiger partial charge in [-0.25, -0.2) is 0 Å². The number of amides is 1. The molecule has 1 amide bonds. The Morgan fingerprint density at radius 1 is 1.30 bits per heavy atom. The molecule has 0 unspecified atom stereocenters. The summed E-state index contributed by atoms with van der Waals surface area (Å²) in [6, 6.07) is 9.48. The fraction of sp³-hybridized carbons (Fsp3) is 0.333. The number of nitrogens with zero attached hydrogens (tertiary/aromatic N) is 2. The second-order valence-corrected chi connectivity index (χ2v) is 6.45. The van der Waals surface area contributed by atoms with E-state index in [0.29, 0.717) is 5.69 Å². The molecular weight excluding hydrogens is 354 g/mol. The summed E-state index contributed by atoms with van der Waals surface area (Å²) >= 11 is 3.46. The van der Waals surface area contributed by atoms with Crippen molar-refractivity contribution in [1.82, 2.24) is 4.98 Å². The summed E-state index contributed by atoms with van der Waals surface area (Å²) in [7, 11) is 2.03. The van der Waals surface area contributed by atoms with Crippen LogP contribution in [0.25, 0.3) is 0 Å². The van der Waals surface area contributed by atoms with E-state index < -0.39 is 0 Å². The van der Waals surface area contributed by atoms with Gasteiger partial charge >= 0.3 is 0 Å². The quantitative estimate of drug-likeness (QED) is 0.799. The van der Waals surface area contributed by atoms with Gasteiger partial charge in [-0.15, -0.1) is 0 Å². The fourth-order valence-electron chi connectivity index (χ4n) is 2.22. The Balaban J connectivity index is 2.11. The first-order chi connectivity index (χ1) is 11.0. The van der Waals surface area contributed by atoms with E-state index in [4.69, 9.17) is 0 Å². The fourth-order valence-corrected chi connectivity index (χ4v) is 2.47. The van der Waals surface area contributed by atoms with Crippen molar-refractivity contribution in [3.8, 4) is 0 Å². The van der Waals surface area contributed by atoms with Crippen molar-refractivity contribution in [2.45, 2.75) is 26.7 Å². The van der Waals surface area contributed by atoms with Gasteiger partial charge in [-0.3, -0.25) is 9.78 Å². The molecule has 2 rings (SSSR count). The summed E-state index contributed by atoms with van der Waals surface area (Å²) in [5.74, 6) is -0.197. The third kappa shape index (κ3) is 4.79. The van der Waals surface area contributed by atoms with Crippen LogP contribution in [0.4, 0.5) is 11.4 Å². The second-order valence-electron chi connectivity index (χ2n) is 5.59. The zero-order valence-corrected chi connectivity index (χ0v) is 15.4. The van der Waals surface area contributed by atoms with Crippen molar-refractivity contribution in [2.24, 2.45) is 0 Å². The molecule has 1 aromatic heterocycles. The van der Waals surface area contributed by atoms with E-state index in [-0.39, 0.29) is 5.91 Å². The summed E-state index contributed by atoms with van der Waals surface area (Å²) in [5, 5.41) is 2.89. The highest BCUT2D eigenvalue weighted by Gasteiger charge is 2.10. The lowest BCUT2D eigenvalue weighted by Crippen LogP contribution is -2.20. The van der Waals surface area contributed by atoms with Crippen LogP contribution in [-0.4, -0.2) is 24.5 Å². The number of nitrogens with one attached hydrogen (secondary N) is 1. The molecule has 0 saturated carbocycles. The zero-order valence-electron chi connectivity index (χ0n) is 13.8. The summed E-state index contributed by atoms with van der Waals surface area (Å²) in [6.07, 6.45) is 3.95. The molecule has 5 heteroatoms. The largest absolute Gasteiger partial charge is 0.374 e. The summed E-state index contributed by atoms with van der Waals surface area (Å²) < 4.78 is 1.02. The van der Waals surface area contributed by atoms with Crippen molar-refractivity contribution in [2.75, 3.05) is 23.8 Å². The van der Waals surface area contributed by atoms with Gasteiger partial charge in [-0.2, -0.15) is 0 Å². The third-order valence-corrected chi connectivity index (χ3v) is 4.57. The molecule has 23 heavy (non-hydrogen) atoms. The van der Waals surface area contributed by atoms with Crippen LogP contribution in [-0.2, 0) is 0 Å². The first-order valence-corrected chi connectivity index (χ1v) is 8.55. The smallest absolute Gasteiger partial charge is 0.274 e. The predicted molar refractivity (Wildman–Crippen MR) is 99.2 cm³/mol. The summed E-state index contributed by atoms with van der Waals surface area (Å²) in [6.45, 7) is 5.12. The van der Waals surface area contributed by atoms with Crippen molar-refractivity contribution in [3.05, 3.63) is 52.3 Å². The summed E-state index contributed by atoms with van der Waals surface area (Å²) in [5.41, 5.74) is 3.27. The normalized spacial score (nSPS) is 10.4. The van der Waals surface area contributed by atoms with Gasteiger partial charge in [0.25, 0.3) is 5.91 Å². The molecule has 1 heterocycles. The number of carbonyl (C=O) groups is 1. The molecule has 0 fully saturated rings. The van der Waals surface area contributed by atoms with Gasteiger partial charge in [0.1, 0.15) is 5.69 Å². The van der Waals surface area contributed by atoms with E-state index in [0.717, 1.165) is 40.8 Å². The van der Waals surface area contributed by atoms with E-state index in [1.165, 1.54) is 0 Å². The Hall–Kier alpha value is -1.88. The number of hydrogen-bond acceptors (Lipinski definition) is 3. The van der Waals surface area contributed by atoms with Crippen LogP contribution in [0.3, 0.4) is 0 Å². The van der Waals surface area contributed by atoms with E-state index in [2.05, 4.69) is 38.1 Å². The van der Waals surface area contributed by atoms with Crippen LogP contribution < -0.4 is 10.2 Å². The van der Waals surface area contributed by atoms with Crippen molar-refractivity contribution in [3.63, 3.8) is 0 Å². The average molecular weight is 376 g/mol. The molecular formula is C18H22BrN3O. The molecule has 2 aromatic rings. The van der Waals surface area contributed by atoms with E-state index in [1.54, 1.807) is 6.20 Å². The minimum absolute atomic E-state index is 0.197.